The van der Waals surface area contributed by atoms with Gasteiger partial charge in [-0.2, -0.15) is 4.31 Å². The lowest BCUT2D eigenvalue weighted by molar-refractivity contribution is -0.385. The molecule has 0 spiro atoms. The molecule has 110 valence electrons. The summed E-state index contributed by atoms with van der Waals surface area (Å²) in [4.78, 5) is 10.3. The largest absolute Gasteiger partial charge is 0.396 e. The molecule has 1 saturated heterocycles. The van der Waals surface area contributed by atoms with E-state index in [1.807, 2.05) is 0 Å². The van der Waals surface area contributed by atoms with Crippen LogP contribution in [0.3, 0.4) is 0 Å². The second-order valence-corrected chi connectivity index (χ2v) is 6.76. The topological polar surface area (TPSA) is 101 Å². The fraction of sp³-hybridized carbons (Fsp3) is 0.500. The Morgan fingerprint density at radius 1 is 1.50 bits per heavy atom. The molecular formula is C12H16N2O5S. The molecule has 0 amide bonds. The Morgan fingerprint density at radius 2 is 2.20 bits per heavy atom. The van der Waals surface area contributed by atoms with Gasteiger partial charge in [0.05, 0.1) is 9.82 Å². The molecule has 20 heavy (non-hydrogen) atoms. The van der Waals surface area contributed by atoms with E-state index in [2.05, 4.69) is 0 Å². The van der Waals surface area contributed by atoms with Crippen molar-refractivity contribution in [2.75, 3.05) is 19.7 Å². The zero-order valence-electron chi connectivity index (χ0n) is 11.0. The summed E-state index contributed by atoms with van der Waals surface area (Å²) in [6.07, 6.45) is 0.601. The van der Waals surface area contributed by atoms with Crippen molar-refractivity contribution in [1.29, 1.82) is 0 Å². The quantitative estimate of drug-likeness (QED) is 0.658. The van der Waals surface area contributed by atoms with Gasteiger partial charge in [0, 0.05) is 31.3 Å². The molecular weight excluding hydrogens is 284 g/mol. The maximum absolute atomic E-state index is 12.5. The van der Waals surface area contributed by atoms with Gasteiger partial charge in [-0.05, 0) is 25.3 Å². The van der Waals surface area contributed by atoms with Gasteiger partial charge in [0.2, 0.25) is 10.0 Å². The molecule has 0 aliphatic carbocycles. The molecule has 0 aromatic heterocycles. The molecule has 8 heteroatoms. The highest BCUT2D eigenvalue weighted by Crippen LogP contribution is 2.29. The van der Waals surface area contributed by atoms with Crippen molar-refractivity contribution in [2.45, 2.75) is 18.2 Å². The highest BCUT2D eigenvalue weighted by molar-refractivity contribution is 7.89. The van der Waals surface area contributed by atoms with Gasteiger partial charge in [-0.1, -0.05) is 6.07 Å². The van der Waals surface area contributed by atoms with Crippen molar-refractivity contribution in [3.63, 3.8) is 0 Å². The number of aliphatic hydroxyl groups excluding tert-OH is 1. The van der Waals surface area contributed by atoms with Crippen LogP contribution in [0, 0.1) is 23.0 Å². The average Bonchev–Trinajstić information content (AvgIpc) is 2.87. The van der Waals surface area contributed by atoms with Crippen LogP contribution in [0.1, 0.15) is 12.0 Å². The molecule has 1 aromatic carbocycles. The number of rotatable bonds is 4. The first kappa shape index (κ1) is 14.9. The van der Waals surface area contributed by atoms with Crippen molar-refractivity contribution < 1.29 is 18.4 Å². The van der Waals surface area contributed by atoms with Crippen LogP contribution < -0.4 is 0 Å². The highest BCUT2D eigenvalue weighted by atomic mass is 32.2. The Morgan fingerprint density at radius 3 is 2.75 bits per heavy atom. The van der Waals surface area contributed by atoms with Gasteiger partial charge in [0.15, 0.2) is 0 Å². The average molecular weight is 300 g/mol. The maximum atomic E-state index is 12.5. The van der Waals surface area contributed by atoms with Crippen molar-refractivity contribution in [3.05, 3.63) is 33.9 Å². The lowest BCUT2D eigenvalue weighted by atomic mass is 10.1. The summed E-state index contributed by atoms with van der Waals surface area (Å²) in [7, 11) is -3.75. The van der Waals surface area contributed by atoms with E-state index in [4.69, 9.17) is 5.11 Å². The maximum Gasteiger partial charge on any atom is 0.273 e. The minimum Gasteiger partial charge on any atom is -0.396 e. The molecule has 2 rings (SSSR count). The third-order valence-electron chi connectivity index (χ3n) is 3.58. The number of nitrogens with zero attached hydrogens (tertiary/aromatic N) is 2. The summed E-state index contributed by atoms with van der Waals surface area (Å²) in [5.41, 5.74) is -0.0612. The molecule has 0 saturated carbocycles. The van der Waals surface area contributed by atoms with E-state index < -0.39 is 14.9 Å². The van der Waals surface area contributed by atoms with Gasteiger partial charge >= 0.3 is 0 Å². The summed E-state index contributed by atoms with van der Waals surface area (Å²) < 4.78 is 26.3. The lowest BCUT2D eigenvalue weighted by Gasteiger charge is -2.17. The number of hydrogen-bond acceptors (Lipinski definition) is 5. The molecule has 1 N–H and O–H groups in total. The first-order chi connectivity index (χ1) is 9.37. The minimum atomic E-state index is -3.75. The van der Waals surface area contributed by atoms with Crippen LogP contribution in [0.15, 0.2) is 23.1 Å². The van der Waals surface area contributed by atoms with Crippen molar-refractivity contribution >= 4 is 15.7 Å². The standard InChI is InChI=1S/C12H16N2O5S/c1-9-11(14(16)17)3-2-4-12(9)20(18,19)13-6-5-10(7-13)8-15/h2-4,10,15H,5-8H2,1H3. The van der Waals surface area contributed by atoms with E-state index in [1.165, 1.54) is 29.4 Å². The summed E-state index contributed by atoms with van der Waals surface area (Å²) in [6, 6.07) is 4.04. The third-order valence-corrected chi connectivity index (χ3v) is 5.59. The number of nitro groups is 1. The van der Waals surface area contributed by atoms with Crippen LogP contribution in [0.25, 0.3) is 0 Å². The molecule has 1 heterocycles. The molecule has 1 aliphatic heterocycles. The highest BCUT2D eigenvalue weighted by Gasteiger charge is 2.34. The van der Waals surface area contributed by atoms with Crippen LogP contribution in [0.4, 0.5) is 5.69 Å². The second kappa shape index (κ2) is 5.47. The first-order valence-corrected chi connectivity index (χ1v) is 7.67. The first-order valence-electron chi connectivity index (χ1n) is 6.23. The predicted octanol–water partition coefficient (Wildman–Crippen LogP) is 0.906. The number of benzene rings is 1. The van der Waals surface area contributed by atoms with E-state index in [0.29, 0.717) is 13.0 Å². The molecule has 0 bridgehead atoms. The SMILES string of the molecule is Cc1c([N+](=O)[O-])cccc1S(=O)(=O)N1CCC(CO)C1. The fourth-order valence-electron chi connectivity index (χ4n) is 2.38. The van der Waals surface area contributed by atoms with Gasteiger partial charge in [0.1, 0.15) is 0 Å². The van der Waals surface area contributed by atoms with Gasteiger partial charge < -0.3 is 5.11 Å². The number of hydrogen-bond donors (Lipinski definition) is 1. The van der Waals surface area contributed by atoms with Crippen molar-refractivity contribution in [1.82, 2.24) is 4.31 Å². The monoisotopic (exact) mass is 300 g/mol. The van der Waals surface area contributed by atoms with Crippen LogP contribution >= 0.6 is 0 Å². The van der Waals surface area contributed by atoms with Crippen LogP contribution in [-0.4, -0.2) is 42.4 Å². The smallest absolute Gasteiger partial charge is 0.273 e. The molecule has 0 radical (unpaired) electrons. The number of nitro benzene ring substituents is 1. The van der Waals surface area contributed by atoms with E-state index in [9.17, 15) is 18.5 Å². The van der Waals surface area contributed by atoms with Crippen LogP contribution in [0.2, 0.25) is 0 Å². The van der Waals surface area contributed by atoms with E-state index in [0.717, 1.165) is 0 Å². The Hall–Kier alpha value is -1.51. The van der Waals surface area contributed by atoms with Gasteiger partial charge in [-0.15, -0.1) is 0 Å². The predicted molar refractivity (Wildman–Crippen MR) is 71.8 cm³/mol. The van der Waals surface area contributed by atoms with E-state index in [-0.39, 0.29) is 35.2 Å². The molecule has 1 fully saturated rings. The Labute approximate surface area is 117 Å². The van der Waals surface area contributed by atoms with Gasteiger partial charge in [0.25, 0.3) is 5.69 Å². The summed E-state index contributed by atoms with van der Waals surface area (Å²) in [5, 5.41) is 20.0. The van der Waals surface area contributed by atoms with Crippen LogP contribution in [-0.2, 0) is 10.0 Å². The summed E-state index contributed by atoms with van der Waals surface area (Å²) >= 11 is 0. The van der Waals surface area contributed by atoms with Gasteiger partial charge in [-0.3, -0.25) is 10.1 Å². The Kier molecular flexibility index (Phi) is 4.07. The second-order valence-electron chi connectivity index (χ2n) is 4.86. The third kappa shape index (κ3) is 2.54. The molecule has 7 nitrogen and oxygen atoms in total. The minimum absolute atomic E-state index is 0.0368. The lowest BCUT2D eigenvalue weighted by Crippen LogP contribution is -2.30. The summed E-state index contributed by atoms with van der Waals surface area (Å²) in [5.74, 6) is -0.0659. The molecule has 1 aromatic rings. The molecule has 1 unspecified atom stereocenters. The Balaban J connectivity index is 2.41. The fourth-order valence-corrected chi connectivity index (χ4v) is 4.16. The summed E-state index contributed by atoms with van der Waals surface area (Å²) in [6.45, 7) is 1.96. The van der Waals surface area contributed by atoms with Crippen molar-refractivity contribution in [3.8, 4) is 0 Å². The zero-order valence-corrected chi connectivity index (χ0v) is 11.8. The number of sulfonamides is 1. The molecule has 1 aliphatic rings. The van der Waals surface area contributed by atoms with Crippen molar-refractivity contribution in [2.24, 2.45) is 5.92 Å². The van der Waals surface area contributed by atoms with Crippen LogP contribution in [0.5, 0.6) is 0 Å². The van der Waals surface area contributed by atoms with Gasteiger partial charge in [-0.25, -0.2) is 8.42 Å². The van der Waals surface area contributed by atoms with E-state index in [1.54, 1.807) is 0 Å². The Bertz CT molecular complexity index is 629. The van der Waals surface area contributed by atoms with E-state index >= 15 is 0 Å². The number of aliphatic hydroxyl groups is 1. The normalized spacial score (nSPS) is 20.2. The molecule has 1 atom stereocenters. The zero-order chi connectivity index (χ0) is 14.9.